The van der Waals surface area contributed by atoms with Crippen LogP contribution in [0.2, 0.25) is 0 Å². The Morgan fingerprint density at radius 1 is 1.19 bits per heavy atom. The molecule has 0 aromatic carbocycles. The zero-order chi connectivity index (χ0) is 11.4. The Bertz CT molecular complexity index is 193. The molecule has 2 fully saturated rings. The van der Waals surface area contributed by atoms with Crippen molar-refractivity contribution < 1.29 is 0 Å². The Balaban J connectivity index is 1.53. The largest absolute Gasteiger partial charge is 0.314 e. The van der Waals surface area contributed by atoms with Crippen molar-refractivity contribution in [2.24, 2.45) is 11.8 Å². The molecule has 1 atom stereocenters. The van der Waals surface area contributed by atoms with Gasteiger partial charge in [-0.3, -0.25) is 0 Å². The van der Waals surface area contributed by atoms with Crippen molar-refractivity contribution in [3.63, 3.8) is 0 Å². The van der Waals surface area contributed by atoms with E-state index in [0.717, 1.165) is 17.9 Å². The van der Waals surface area contributed by atoms with Gasteiger partial charge in [0.05, 0.1) is 0 Å². The van der Waals surface area contributed by atoms with Crippen molar-refractivity contribution in [2.45, 2.75) is 51.5 Å². The molecule has 1 saturated heterocycles. The topological polar surface area (TPSA) is 15.3 Å². The molecule has 1 unspecified atom stereocenters. The zero-order valence-corrected chi connectivity index (χ0v) is 11.0. The fourth-order valence-corrected chi connectivity index (χ4v) is 2.82. The molecule has 2 aliphatic rings. The fraction of sp³-hybridized carbons (Fsp3) is 1.00. The van der Waals surface area contributed by atoms with Crippen LogP contribution in [0.5, 0.6) is 0 Å². The van der Waals surface area contributed by atoms with Crippen molar-refractivity contribution in [1.29, 1.82) is 0 Å². The van der Waals surface area contributed by atoms with E-state index >= 15 is 0 Å². The van der Waals surface area contributed by atoms with Crippen LogP contribution in [0.15, 0.2) is 0 Å². The van der Waals surface area contributed by atoms with Crippen LogP contribution in [0.1, 0.15) is 45.4 Å². The van der Waals surface area contributed by atoms with Gasteiger partial charge in [0, 0.05) is 6.04 Å². The molecule has 16 heavy (non-hydrogen) atoms. The second-order valence-corrected chi connectivity index (χ2v) is 5.97. The molecule has 0 amide bonds. The fourth-order valence-electron chi connectivity index (χ4n) is 2.82. The van der Waals surface area contributed by atoms with Crippen LogP contribution in [0.3, 0.4) is 0 Å². The molecule has 1 N–H and O–H groups in total. The summed E-state index contributed by atoms with van der Waals surface area (Å²) in [7, 11) is 2.24. The minimum Gasteiger partial charge on any atom is -0.314 e. The molecule has 0 bridgehead atoms. The molecule has 0 aromatic rings. The van der Waals surface area contributed by atoms with Crippen LogP contribution in [0.25, 0.3) is 0 Å². The van der Waals surface area contributed by atoms with Crippen LogP contribution in [-0.4, -0.2) is 37.6 Å². The first-order valence-electron chi connectivity index (χ1n) is 7.17. The van der Waals surface area contributed by atoms with Crippen LogP contribution in [-0.2, 0) is 0 Å². The normalized spacial score (nSPS) is 25.9. The molecule has 0 spiro atoms. The van der Waals surface area contributed by atoms with E-state index in [-0.39, 0.29) is 0 Å². The third-order valence-electron chi connectivity index (χ3n) is 4.42. The molecule has 94 valence electrons. The van der Waals surface area contributed by atoms with E-state index in [1.54, 1.807) is 0 Å². The van der Waals surface area contributed by atoms with Crippen molar-refractivity contribution in [3.05, 3.63) is 0 Å². The highest BCUT2D eigenvalue weighted by Gasteiger charge is 2.22. The summed E-state index contributed by atoms with van der Waals surface area (Å²) in [5.41, 5.74) is 0. The maximum Gasteiger partial charge on any atom is 0.00679 e. The van der Waals surface area contributed by atoms with E-state index in [9.17, 15) is 0 Å². The Morgan fingerprint density at radius 3 is 2.50 bits per heavy atom. The molecular formula is C14H28N2. The van der Waals surface area contributed by atoms with Gasteiger partial charge < -0.3 is 10.2 Å². The van der Waals surface area contributed by atoms with Gasteiger partial charge in [-0.05, 0) is 71.1 Å². The van der Waals surface area contributed by atoms with Crippen LogP contribution >= 0.6 is 0 Å². The van der Waals surface area contributed by atoms with Crippen molar-refractivity contribution in [1.82, 2.24) is 10.2 Å². The van der Waals surface area contributed by atoms with Crippen LogP contribution in [0, 0.1) is 11.8 Å². The van der Waals surface area contributed by atoms with Crippen molar-refractivity contribution >= 4 is 0 Å². The molecule has 0 radical (unpaired) electrons. The molecular weight excluding hydrogens is 196 g/mol. The molecule has 1 aliphatic carbocycles. The Morgan fingerprint density at radius 2 is 1.88 bits per heavy atom. The summed E-state index contributed by atoms with van der Waals surface area (Å²) < 4.78 is 0. The molecule has 1 saturated carbocycles. The van der Waals surface area contributed by atoms with Gasteiger partial charge in [0.2, 0.25) is 0 Å². The monoisotopic (exact) mass is 224 g/mol. The van der Waals surface area contributed by atoms with E-state index < -0.39 is 0 Å². The number of rotatable bonds is 6. The number of likely N-dealkylation sites (tertiary alicyclic amines) is 1. The van der Waals surface area contributed by atoms with Gasteiger partial charge in [-0.25, -0.2) is 0 Å². The summed E-state index contributed by atoms with van der Waals surface area (Å²) in [5, 5.41) is 3.73. The molecule has 0 aromatic heterocycles. The number of nitrogens with zero attached hydrogens (tertiary/aromatic N) is 1. The quantitative estimate of drug-likeness (QED) is 0.697. The summed E-state index contributed by atoms with van der Waals surface area (Å²) in [5.74, 6) is 2.01. The molecule has 2 rings (SSSR count). The third kappa shape index (κ3) is 4.06. The average Bonchev–Trinajstić information content (AvgIpc) is 3.09. The van der Waals surface area contributed by atoms with Gasteiger partial charge in [-0.2, -0.15) is 0 Å². The first-order chi connectivity index (χ1) is 7.75. The summed E-state index contributed by atoms with van der Waals surface area (Å²) in [4.78, 5) is 2.45. The number of piperidine rings is 1. The van der Waals surface area contributed by atoms with Gasteiger partial charge in [-0.1, -0.05) is 12.8 Å². The van der Waals surface area contributed by atoms with Gasteiger partial charge in [0.15, 0.2) is 0 Å². The molecule has 2 nitrogen and oxygen atoms in total. The molecule has 2 heteroatoms. The summed E-state index contributed by atoms with van der Waals surface area (Å²) >= 11 is 0. The van der Waals surface area contributed by atoms with E-state index in [2.05, 4.69) is 24.2 Å². The highest BCUT2D eigenvalue weighted by atomic mass is 15.1. The Hall–Kier alpha value is -0.0800. The minimum atomic E-state index is 0.730. The summed E-state index contributed by atoms with van der Waals surface area (Å²) in [6.07, 6.45) is 8.63. The number of nitrogens with one attached hydrogen (secondary N) is 1. The highest BCUT2D eigenvalue weighted by Crippen LogP contribution is 2.33. The van der Waals surface area contributed by atoms with Gasteiger partial charge >= 0.3 is 0 Å². The lowest BCUT2D eigenvalue weighted by Gasteiger charge is -2.33. The van der Waals surface area contributed by atoms with Gasteiger partial charge in [-0.15, -0.1) is 0 Å². The second-order valence-electron chi connectivity index (χ2n) is 5.97. The average molecular weight is 224 g/mol. The van der Waals surface area contributed by atoms with E-state index in [0.29, 0.717) is 0 Å². The third-order valence-corrected chi connectivity index (χ3v) is 4.42. The standard InChI is InChI=1S/C14H28N2/c1-12(14-7-10-16(2)11-8-14)15-9-3-4-13-5-6-13/h12-15H,3-11H2,1-2H3. The molecule has 1 heterocycles. The highest BCUT2D eigenvalue weighted by molar-refractivity contribution is 4.79. The lowest BCUT2D eigenvalue weighted by atomic mass is 9.90. The van der Waals surface area contributed by atoms with Gasteiger partial charge in [0.1, 0.15) is 0 Å². The zero-order valence-electron chi connectivity index (χ0n) is 11.0. The lowest BCUT2D eigenvalue weighted by molar-refractivity contribution is 0.190. The maximum atomic E-state index is 3.73. The SMILES string of the molecule is CC(NCCCC1CC1)C1CCN(C)CC1. The van der Waals surface area contributed by atoms with E-state index in [1.807, 2.05) is 0 Å². The van der Waals surface area contributed by atoms with Crippen molar-refractivity contribution in [2.75, 3.05) is 26.7 Å². The number of hydrogen-bond donors (Lipinski definition) is 1. The Labute approximate surface area is 101 Å². The predicted octanol–water partition coefficient (Wildman–Crippen LogP) is 2.50. The predicted molar refractivity (Wildman–Crippen MR) is 69.6 cm³/mol. The minimum absolute atomic E-state index is 0.730. The first kappa shape index (κ1) is 12.4. The molecule has 1 aliphatic heterocycles. The summed E-state index contributed by atoms with van der Waals surface area (Å²) in [6.45, 7) is 6.20. The number of hydrogen-bond acceptors (Lipinski definition) is 2. The van der Waals surface area contributed by atoms with Crippen molar-refractivity contribution in [3.8, 4) is 0 Å². The summed E-state index contributed by atoms with van der Waals surface area (Å²) in [6, 6.07) is 0.730. The lowest BCUT2D eigenvalue weighted by Crippen LogP contribution is -2.40. The van der Waals surface area contributed by atoms with Crippen LogP contribution < -0.4 is 5.32 Å². The van der Waals surface area contributed by atoms with Crippen LogP contribution in [0.4, 0.5) is 0 Å². The Kier molecular flexibility index (Phi) is 4.66. The maximum absolute atomic E-state index is 3.73. The second kappa shape index (κ2) is 6.02. The van der Waals surface area contributed by atoms with E-state index in [1.165, 1.54) is 58.2 Å². The van der Waals surface area contributed by atoms with E-state index in [4.69, 9.17) is 0 Å². The first-order valence-corrected chi connectivity index (χ1v) is 7.17. The smallest absolute Gasteiger partial charge is 0.00679 e. The van der Waals surface area contributed by atoms with Gasteiger partial charge in [0.25, 0.3) is 0 Å².